The van der Waals surface area contributed by atoms with Gasteiger partial charge in [0, 0.05) is 19.5 Å². The van der Waals surface area contributed by atoms with Crippen molar-refractivity contribution in [1.29, 1.82) is 0 Å². The summed E-state index contributed by atoms with van der Waals surface area (Å²) in [5.74, 6) is -56.9. The van der Waals surface area contributed by atoms with Crippen LogP contribution in [0.25, 0.3) is 0 Å². The van der Waals surface area contributed by atoms with E-state index in [-0.39, 0.29) is 17.7 Å². The molecule has 3 nitrogen and oxygen atoms in total. The summed E-state index contributed by atoms with van der Waals surface area (Å²) in [6.07, 6.45) is -12.7. The summed E-state index contributed by atoms with van der Waals surface area (Å²) >= 11 is 0. The van der Waals surface area contributed by atoms with Gasteiger partial charge in [0.05, 0.1) is 0 Å². The Bertz CT molecular complexity index is 746. The quantitative estimate of drug-likeness (QED) is 0.256. The summed E-state index contributed by atoms with van der Waals surface area (Å²) in [7, 11) is 0. The minimum absolute atomic E-state index is 0.115. The molecule has 1 amide bonds. The smallest absolute Gasteiger partial charge is 0.460 e. The van der Waals surface area contributed by atoms with E-state index >= 15 is 0 Å². The Labute approximate surface area is 183 Å². The molecule has 0 aromatic carbocycles. The SMILES string of the molecule is CCCCN(CCC(F)(F)C(F)(F)C(F)(F)C(F)(F)C(F)(F)C(F)(F)C(F)(F)C(F)(F)F)C(=O)O. The van der Waals surface area contributed by atoms with Gasteiger partial charge in [0.15, 0.2) is 0 Å². The normalized spacial score (nSPS) is 15.4. The first-order valence-corrected chi connectivity index (χ1v) is 8.81. The summed E-state index contributed by atoms with van der Waals surface area (Å²) in [4.78, 5) is 10.7. The van der Waals surface area contributed by atoms with Crippen LogP contribution in [0.4, 0.5) is 79.4 Å². The Balaban J connectivity index is 6.41. The van der Waals surface area contributed by atoms with E-state index in [1.54, 1.807) is 0 Å². The molecule has 0 atom stereocenters. The van der Waals surface area contributed by atoms with Gasteiger partial charge in [-0.05, 0) is 6.42 Å². The molecule has 35 heavy (non-hydrogen) atoms. The average Bonchev–Trinajstić information content (AvgIpc) is 2.65. The van der Waals surface area contributed by atoms with Gasteiger partial charge in [-0.1, -0.05) is 13.3 Å². The summed E-state index contributed by atoms with van der Waals surface area (Å²) in [6.45, 7) is -1.11. The van der Waals surface area contributed by atoms with Crippen molar-refractivity contribution >= 4 is 6.09 Å². The van der Waals surface area contributed by atoms with Gasteiger partial charge in [-0.15, -0.1) is 0 Å². The first-order chi connectivity index (χ1) is 15.1. The molecule has 0 spiro atoms. The summed E-state index contributed by atoms with van der Waals surface area (Å²) in [5, 5.41) is 8.71. The summed E-state index contributed by atoms with van der Waals surface area (Å²) in [5.41, 5.74) is 0. The van der Waals surface area contributed by atoms with E-state index in [2.05, 4.69) is 0 Å². The fourth-order valence-corrected chi connectivity index (χ4v) is 2.28. The molecule has 0 aromatic heterocycles. The van der Waals surface area contributed by atoms with Crippen LogP contribution in [0, 0.1) is 0 Å². The molecular weight excluding hydrogens is 549 g/mol. The van der Waals surface area contributed by atoms with Gasteiger partial charge in [0.1, 0.15) is 0 Å². The van der Waals surface area contributed by atoms with E-state index in [0.29, 0.717) is 0 Å². The lowest BCUT2D eigenvalue weighted by molar-refractivity contribution is -0.461. The fraction of sp³-hybridized carbons (Fsp3) is 0.933. The maximum atomic E-state index is 13.7. The lowest BCUT2D eigenvalue weighted by atomic mass is 9.88. The van der Waals surface area contributed by atoms with Crippen LogP contribution in [0.15, 0.2) is 0 Å². The van der Waals surface area contributed by atoms with Crippen LogP contribution in [0.1, 0.15) is 26.2 Å². The Kier molecular flexibility index (Phi) is 8.99. The molecule has 0 bridgehead atoms. The molecule has 0 unspecified atom stereocenters. The predicted molar refractivity (Wildman–Crippen MR) is 79.8 cm³/mol. The Morgan fingerprint density at radius 2 is 0.943 bits per heavy atom. The molecule has 1 N–H and O–H groups in total. The Hall–Kier alpha value is -1.92. The minimum Gasteiger partial charge on any atom is -0.465 e. The van der Waals surface area contributed by atoms with E-state index < -0.39 is 73.2 Å². The molecule has 0 saturated heterocycles. The van der Waals surface area contributed by atoms with Crippen molar-refractivity contribution in [3.63, 3.8) is 0 Å². The molecular formula is C15H14F17NO2. The number of nitrogens with zero attached hydrogens (tertiary/aromatic N) is 1. The van der Waals surface area contributed by atoms with Gasteiger partial charge in [-0.2, -0.15) is 74.6 Å². The van der Waals surface area contributed by atoms with E-state index in [1.165, 1.54) is 6.92 Å². The molecule has 0 aromatic rings. The molecule has 0 saturated carbocycles. The highest BCUT2D eigenvalue weighted by atomic mass is 19.4. The zero-order valence-electron chi connectivity index (χ0n) is 16.8. The number of hydrogen-bond acceptors (Lipinski definition) is 1. The first kappa shape index (κ1) is 33.1. The predicted octanol–water partition coefficient (Wildman–Crippen LogP) is 7.17. The minimum atomic E-state index is -8.68. The van der Waals surface area contributed by atoms with Crippen LogP contribution in [-0.4, -0.2) is 76.8 Å². The molecule has 0 fully saturated rings. The van der Waals surface area contributed by atoms with Crippen molar-refractivity contribution in [2.75, 3.05) is 13.1 Å². The number of rotatable bonds is 12. The first-order valence-electron chi connectivity index (χ1n) is 8.81. The molecule has 0 heterocycles. The number of amides is 1. The third-order valence-electron chi connectivity index (χ3n) is 4.53. The lowest BCUT2D eigenvalue weighted by Gasteiger charge is -2.43. The van der Waals surface area contributed by atoms with E-state index in [1.807, 2.05) is 0 Å². The van der Waals surface area contributed by atoms with Crippen molar-refractivity contribution in [1.82, 2.24) is 4.90 Å². The maximum absolute atomic E-state index is 13.7. The Morgan fingerprint density at radius 1 is 0.600 bits per heavy atom. The maximum Gasteiger partial charge on any atom is 0.460 e. The van der Waals surface area contributed by atoms with E-state index in [0.717, 1.165) is 0 Å². The number of carboxylic acid groups (broad SMARTS) is 1. The second-order valence-electron chi connectivity index (χ2n) is 7.02. The van der Waals surface area contributed by atoms with Gasteiger partial charge in [0.2, 0.25) is 0 Å². The van der Waals surface area contributed by atoms with Gasteiger partial charge < -0.3 is 10.0 Å². The largest absolute Gasteiger partial charge is 0.465 e. The molecule has 210 valence electrons. The van der Waals surface area contributed by atoms with Crippen LogP contribution >= 0.6 is 0 Å². The number of halogens is 17. The zero-order chi connectivity index (χ0) is 28.7. The Morgan fingerprint density at radius 3 is 1.26 bits per heavy atom. The van der Waals surface area contributed by atoms with Gasteiger partial charge >= 0.3 is 53.7 Å². The van der Waals surface area contributed by atoms with Crippen LogP contribution in [0.3, 0.4) is 0 Å². The molecule has 0 aliphatic rings. The van der Waals surface area contributed by atoms with Crippen LogP contribution in [0.2, 0.25) is 0 Å². The number of hydrogen-bond donors (Lipinski definition) is 1. The highest BCUT2D eigenvalue weighted by Crippen LogP contribution is 2.64. The highest BCUT2D eigenvalue weighted by molar-refractivity contribution is 5.64. The molecule has 20 heteroatoms. The standard InChI is InChI=1S/C15H14F17NO2/c1-2-3-5-33(7(34)35)6-4-8(16,17)9(18,19)10(20,21)11(22,23)12(24,25)13(26,27)14(28,29)15(30,31)32/h2-6H2,1H3,(H,34,35). The van der Waals surface area contributed by atoms with Crippen LogP contribution in [0.5, 0.6) is 0 Å². The molecule has 0 aliphatic heterocycles. The molecule has 0 rings (SSSR count). The summed E-state index contributed by atoms with van der Waals surface area (Å²) in [6, 6.07) is 0. The second-order valence-corrected chi connectivity index (χ2v) is 7.02. The molecule has 0 aliphatic carbocycles. The number of alkyl halides is 17. The van der Waals surface area contributed by atoms with Crippen LogP contribution < -0.4 is 0 Å². The topological polar surface area (TPSA) is 40.5 Å². The van der Waals surface area contributed by atoms with E-state index in [4.69, 9.17) is 5.11 Å². The van der Waals surface area contributed by atoms with Crippen molar-refractivity contribution in [2.24, 2.45) is 0 Å². The van der Waals surface area contributed by atoms with Crippen molar-refractivity contribution in [3.05, 3.63) is 0 Å². The highest BCUT2D eigenvalue weighted by Gasteiger charge is 2.95. The number of unbranched alkanes of at least 4 members (excludes halogenated alkanes) is 1. The van der Waals surface area contributed by atoms with Gasteiger partial charge in [0.25, 0.3) is 0 Å². The fourth-order valence-electron chi connectivity index (χ4n) is 2.28. The van der Waals surface area contributed by atoms with E-state index in [9.17, 15) is 79.4 Å². The number of carbonyl (C=O) groups is 1. The summed E-state index contributed by atoms with van der Waals surface area (Å²) < 4.78 is 223. The third kappa shape index (κ3) is 5.15. The van der Waals surface area contributed by atoms with Crippen molar-refractivity contribution < 1.29 is 84.5 Å². The van der Waals surface area contributed by atoms with Crippen LogP contribution in [-0.2, 0) is 0 Å². The van der Waals surface area contributed by atoms with Gasteiger partial charge in [-0.25, -0.2) is 4.79 Å². The average molecular weight is 563 g/mol. The second kappa shape index (κ2) is 9.51. The van der Waals surface area contributed by atoms with Crippen molar-refractivity contribution in [2.45, 2.75) is 73.8 Å². The monoisotopic (exact) mass is 563 g/mol. The van der Waals surface area contributed by atoms with Crippen molar-refractivity contribution in [3.8, 4) is 0 Å². The zero-order valence-corrected chi connectivity index (χ0v) is 16.8. The van der Waals surface area contributed by atoms with Gasteiger partial charge in [-0.3, -0.25) is 0 Å². The lowest BCUT2D eigenvalue weighted by Crippen LogP contribution is -2.74. The molecule has 0 radical (unpaired) electrons. The third-order valence-corrected chi connectivity index (χ3v) is 4.53.